The number of carbonyl (C=O) groups is 4. The predicted molar refractivity (Wildman–Crippen MR) is 143 cm³/mol. The fourth-order valence-electron chi connectivity index (χ4n) is 4.49. The summed E-state index contributed by atoms with van der Waals surface area (Å²) in [6.45, 7) is 5.69. The summed E-state index contributed by atoms with van der Waals surface area (Å²) >= 11 is 6.12. The molecule has 1 unspecified atom stereocenters. The molecule has 202 valence electrons. The summed E-state index contributed by atoms with van der Waals surface area (Å²) in [5, 5.41) is 11.6. The Morgan fingerprint density at radius 1 is 1.05 bits per heavy atom. The van der Waals surface area contributed by atoms with E-state index in [9.17, 15) is 19.2 Å². The number of ether oxygens (including phenoxy) is 1. The van der Waals surface area contributed by atoms with Crippen LogP contribution >= 0.6 is 11.6 Å². The van der Waals surface area contributed by atoms with E-state index in [2.05, 4.69) is 20.4 Å². The van der Waals surface area contributed by atoms with E-state index in [1.54, 1.807) is 35.0 Å². The van der Waals surface area contributed by atoms with Crippen molar-refractivity contribution in [1.82, 2.24) is 24.5 Å². The van der Waals surface area contributed by atoms with Crippen molar-refractivity contribution in [2.75, 3.05) is 10.2 Å². The molecule has 0 aliphatic carbocycles. The first kappa shape index (κ1) is 27.5. The maximum atomic E-state index is 13.8. The lowest BCUT2D eigenvalue weighted by Crippen LogP contribution is -2.30. The third kappa shape index (κ3) is 5.36. The minimum atomic E-state index is -0.562. The van der Waals surface area contributed by atoms with E-state index in [4.69, 9.17) is 16.6 Å². The third-order valence-corrected chi connectivity index (χ3v) is 6.20. The molecule has 3 aromatic heterocycles. The number of esters is 2. The van der Waals surface area contributed by atoms with Crippen LogP contribution in [-0.4, -0.2) is 48.3 Å². The zero-order valence-electron chi connectivity index (χ0n) is 22.1. The Morgan fingerprint density at radius 2 is 1.69 bits per heavy atom. The number of aryl methyl sites for hydroxylation is 3. The van der Waals surface area contributed by atoms with Gasteiger partial charge in [-0.25, -0.2) is 9.67 Å². The number of halogens is 1. The molecule has 13 heteroatoms. The largest absolute Gasteiger partial charge is 0.394 e. The Morgan fingerprint density at radius 3 is 2.26 bits per heavy atom. The van der Waals surface area contributed by atoms with Crippen molar-refractivity contribution in [3.63, 3.8) is 0 Å². The molecule has 1 atom stereocenters. The fourth-order valence-corrected chi connectivity index (χ4v) is 4.62. The van der Waals surface area contributed by atoms with E-state index in [0.29, 0.717) is 33.3 Å². The number of hydrogen-bond donors (Lipinski definition) is 1. The van der Waals surface area contributed by atoms with E-state index in [1.807, 2.05) is 36.7 Å². The number of anilines is 2. The smallest absolute Gasteiger partial charge is 0.310 e. The highest BCUT2D eigenvalue weighted by molar-refractivity contribution is 6.30. The average Bonchev–Trinajstić information content (AvgIpc) is 3.46. The Balaban J connectivity index is 0.000000448. The van der Waals surface area contributed by atoms with Gasteiger partial charge in [-0.2, -0.15) is 0 Å². The topological polar surface area (TPSA) is 141 Å². The molecule has 0 radical (unpaired) electrons. The summed E-state index contributed by atoms with van der Waals surface area (Å²) in [4.78, 5) is 51.6. The number of rotatable bonds is 3. The summed E-state index contributed by atoms with van der Waals surface area (Å²) in [5.41, 5.74) is 4.69. The molecule has 1 N–H and O–H groups in total. The highest BCUT2D eigenvalue weighted by Gasteiger charge is 2.44. The van der Waals surface area contributed by atoms with Gasteiger partial charge in [0.25, 0.3) is 5.91 Å². The van der Waals surface area contributed by atoms with Crippen molar-refractivity contribution in [1.29, 1.82) is 0 Å². The highest BCUT2D eigenvalue weighted by Crippen LogP contribution is 2.45. The van der Waals surface area contributed by atoms with Gasteiger partial charge in [-0.1, -0.05) is 28.9 Å². The first-order valence-electron chi connectivity index (χ1n) is 11.8. The van der Waals surface area contributed by atoms with Crippen LogP contribution < -0.4 is 10.2 Å². The molecule has 4 heterocycles. The lowest BCUT2D eigenvalue weighted by Gasteiger charge is -2.26. The van der Waals surface area contributed by atoms with Crippen LogP contribution in [0.5, 0.6) is 0 Å². The highest BCUT2D eigenvalue weighted by atomic mass is 35.5. The number of pyridine rings is 1. The van der Waals surface area contributed by atoms with Crippen LogP contribution in [0.2, 0.25) is 5.02 Å². The molecule has 0 bridgehead atoms. The molecule has 39 heavy (non-hydrogen) atoms. The molecule has 0 saturated carbocycles. The van der Waals surface area contributed by atoms with Crippen LogP contribution in [0.4, 0.5) is 11.5 Å². The number of aromatic nitrogens is 5. The quantitative estimate of drug-likeness (QED) is 0.301. The summed E-state index contributed by atoms with van der Waals surface area (Å²) < 4.78 is 7.42. The Labute approximate surface area is 228 Å². The van der Waals surface area contributed by atoms with E-state index in [1.165, 1.54) is 20.8 Å². The second-order valence-electron chi connectivity index (χ2n) is 8.99. The maximum Gasteiger partial charge on any atom is 0.310 e. The molecule has 12 nitrogen and oxygen atoms in total. The van der Waals surface area contributed by atoms with Crippen molar-refractivity contribution >= 4 is 58.0 Å². The van der Waals surface area contributed by atoms with Gasteiger partial charge in [-0.3, -0.25) is 24.1 Å². The molecule has 5 rings (SSSR count). The van der Waals surface area contributed by atoms with Crippen molar-refractivity contribution in [2.45, 2.75) is 33.7 Å². The van der Waals surface area contributed by atoms with E-state index in [0.717, 1.165) is 16.8 Å². The van der Waals surface area contributed by atoms with Gasteiger partial charge >= 0.3 is 11.9 Å². The summed E-state index contributed by atoms with van der Waals surface area (Å²) in [7, 11) is 3.62. The van der Waals surface area contributed by atoms with Gasteiger partial charge in [-0.15, -0.1) is 5.10 Å². The van der Waals surface area contributed by atoms with Gasteiger partial charge in [0.05, 0.1) is 16.9 Å². The molecular formula is C26H26ClN7O5. The van der Waals surface area contributed by atoms with Crippen molar-refractivity contribution < 1.29 is 23.9 Å². The number of nitrogens with zero attached hydrogens (tertiary/aromatic N) is 6. The van der Waals surface area contributed by atoms with Crippen molar-refractivity contribution in [2.24, 2.45) is 14.1 Å². The van der Waals surface area contributed by atoms with E-state index < -0.39 is 18.0 Å². The van der Waals surface area contributed by atoms with Gasteiger partial charge in [0.1, 0.15) is 17.4 Å². The number of nitrogens with one attached hydrogen (secondary N) is 1. The summed E-state index contributed by atoms with van der Waals surface area (Å²) in [6.07, 6.45) is 1.76. The molecule has 2 amide bonds. The second kappa shape index (κ2) is 10.7. The SMILES string of the molecule is CC(=O)Nc1cn(C)c2c1C(=O)N(c1cc(C)c3nnn(C)c3n1)C2c1ccc(Cl)cc1.CC(=O)OC(C)=O. The third-order valence-electron chi connectivity index (χ3n) is 5.95. The fraction of sp³-hybridized carbons (Fsp3) is 0.269. The van der Waals surface area contributed by atoms with Gasteiger partial charge < -0.3 is 14.6 Å². The Bertz CT molecular complexity index is 1610. The zero-order valence-corrected chi connectivity index (χ0v) is 22.9. The van der Waals surface area contributed by atoms with Crippen LogP contribution in [0, 0.1) is 6.92 Å². The van der Waals surface area contributed by atoms with Gasteiger partial charge in [0.15, 0.2) is 5.65 Å². The van der Waals surface area contributed by atoms with E-state index in [-0.39, 0.29) is 11.8 Å². The first-order valence-corrected chi connectivity index (χ1v) is 12.2. The molecule has 1 aromatic carbocycles. The van der Waals surface area contributed by atoms with Crippen molar-refractivity contribution in [3.8, 4) is 0 Å². The van der Waals surface area contributed by atoms with Crippen LogP contribution in [-0.2, 0) is 33.2 Å². The molecular weight excluding hydrogens is 526 g/mol. The maximum absolute atomic E-state index is 13.8. The van der Waals surface area contributed by atoms with Crippen LogP contribution in [0.1, 0.15) is 54.0 Å². The molecule has 1 aliphatic heterocycles. The number of benzene rings is 1. The lowest BCUT2D eigenvalue weighted by atomic mass is 10.0. The molecule has 0 fully saturated rings. The first-order chi connectivity index (χ1) is 18.4. The number of hydrogen-bond acceptors (Lipinski definition) is 8. The molecule has 0 saturated heterocycles. The normalized spacial score (nSPS) is 14.1. The lowest BCUT2D eigenvalue weighted by molar-refractivity contribution is -0.156. The molecule has 0 spiro atoms. The number of amides is 2. The van der Waals surface area contributed by atoms with Gasteiger partial charge in [0, 0.05) is 46.1 Å². The van der Waals surface area contributed by atoms with Crippen LogP contribution in [0.25, 0.3) is 11.2 Å². The summed E-state index contributed by atoms with van der Waals surface area (Å²) in [5.74, 6) is -1.13. The average molecular weight is 552 g/mol. The minimum absolute atomic E-state index is 0.245. The number of carbonyl (C=O) groups excluding carboxylic acids is 4. The van der Waals surface area contributed by atoms with Crippen LogP contribution in [0.3, 0.4) is 0 Å². The van der Waals surface area contributed by atoms with Crippen LogP contribution in [0.15, 0.2) is 36.5 Å². The Hall–Kier alpha value is -4.58. The van der Waals surface area contributed by atoms with Crippen molar-refractivity contribution in [3.05, 3.63) is 63.9 Å². The predicted octanol–water partition coefficient (Wildman–Crippen LogP) is 3.47. The second-order valence-corrected chi connectivity index (χ2v) is 9.43. The Kier molecular flexibility index (Phi) is 7.50. The van der Waals surface area contributed by atoms with Gasteiger partial charge in [0.2, 0.25) is 5.91 Å². The van der Waals surface area contributed by atoms with E-state index >= 15 is 0 Å². The molecule has 1 aliphatic rings. The zero-order chi connectivity index (χ0) is 28.6. The standard InChI is InChI=1S/C22H20ClN7O2.C4H6O3/c1-11-9-16(25-21-18(11)26-27-29(21)4)30-19(13-5-7-14(23)8-6-13)20-17(22(30)32)15(10-28(20)3)24-12(2)31;1-3(5)7-4(2)6/h5-10,19H,1-4H3,(H,24,31);1-2H3. The molecule has 4 aromatic rings. The summed E-state index contributed by atoms with van der Waals surface area (Å²) in [6, 6.07) is 8.76. The number of fused-ring (bicyclic) bond motifs is 2. The monoisotopic (exact) mass is 551 g/mol. The van der Waals surface area contributed by atoms with Gasteiger partial charge in [-0.05, 0) is 36.2 Å². The minimum Gasteiger partial charge on any atom is -0.394 e.